The van der Waals surface area contributed by atoms with Crippen molar-refractivity contribution in [1.82, 2.24) is 15.1 Å². The van der Waals surface area contributed by atoms with Gasteiger partial charge in [-0.1, -0.05) is 54.1 Å². The van der Waals surface area contributed by atoms with Crippen molar-refractivity contribution in [3.05, 3.63) is 77.3 Å². The second kappa shape index (κ2) is 9.26. The molecule has 1 fully saturated rings. The first-order chi connectivity index (χ1) is 14.6. The largest absolute Gasteiger partial charge is 0.354 e. The Balaban J connectivity index is 1.40. The number of hydrogen-bond acceptors (Lipinski definition) is 4. The Morgan fingerprint density at radius 2 is 1.83 bits per heavy atom. The number of benzene rings is 2. The van der Waals surface area contributed by atoms with Gasteiger partial charge in [0.2, 0.25) is 5.91 Å². The summed E-state index contributed by atoms with van der Waals surface area (Å²) < 4.78 is 0. The number of halogens is 1. The summed E-state index contributed by atoms with van der Waals surface area (Å²) in [5.74, 6) is 0.982. The third kappa shape index (κ3) is 4.79. The molecule has 0 bridgehead atoms. The average molecular weight is 421 g/mol. The van der Waals surface area contributed by atoms with Gasteiger partial charge < -0.3 is 9.80 Å². The third-order valence-corrected chi connectivity index (χ3v) is 5.78. The number of rotatable bonds is 5. The van der Waals surface area contributed by atoms with Crippen LogP contribution in [0.15, 0.2) is 66.7 Å². The van der Waals surface area contributed by atoms with Gasteiger partial charge in [0.25, 0.3) is 0 Å². The lowest BCUT2D eigenvalue weighted by Crippen LogP contribution is -2.43. The molecule has 0 spiro atoms. The third-order valence-electron chi connectivity index (χ3n) is 5.52. The van der Waals surface area contributed by atoms with Crippen LogP contribution in [0.3, 0.4) is 0 Å². The Labute approximate surface area is 182 Å². The smallest absolute Gasteiger partial charge is 0.227 e. The van der Waals surface area contributed by atoms with Crippen LogP contribution < -0.4 is 4.90 Å². The van der Waals surface area contributed by atoms with E-state index in [1.54, 1.807) is 0 Å². The summed E-state index contributed by atoms with van der Waals surface area (Å²) in [7, 11) is 1.88. The van der Waals surface area contributed by atoms with Crippen LogP contribution in [0.25, 0.3) is 11.3 Å². The second-order valence-corrected chi connectivity index (χ2v) is 8.19. The summed E-state index contributed by atoms with van der Waals surface area (Å²) in [6.45, 7) is 2.19. The van der Waals surface area contributed by atoms with Gasteiger partial charge in [0, 0.05) is 37.3 Å². The fourth-order valence-corrected chi connectivity index (χ4v) is 4.03. The first-order valence-electron chi connectivity index (χ1n) is 10.2. The molecule has 5 nitrogen and oxygen atoms in total. The van der Waals surface area contributed by atoms with Crippen LogP contribution in [0.2, 0.25) is 5.02 Å². The number of piperidine rings is 1. The SMILES string of the molecule is CN(Cc1ccccc1)C(=O)C1CCCN(c2ccc(-c3ccc(Cl)cc3)nn2)C1. The highest BCUT2D eigenvalue weighted by atomic mass is 35.5. The fraction of sp³-hybridized carbons (Fsp3) is 0.292. The molecule has 2 heterocycles. The molecule has 0 radical (unpaired) electrons. The lowest BCUT2D eigenvalue weighted by Gasteiger charge is -2.34. The van der Waals surface area contributed by atoms with E-state index < -0.39 is 0 Å². The molecule has 3 aromatic rings. The van der Waals surface area contributed by atoms with Gasteiger partial charge in [-0.25, -0.2) is 0 Å². The fourth-order valence-electron chi connectivity index (χ4n) is 3.90. The molecule has 1 aliphatic rings. The maximum atomic E-state index is 13.0. The first kappa shape index (κ1) is 20.4. The van der Waals surface area contributed by atoms with E-state index in [1.165, 1.54) is 0 Å². The normalized spacial score (nSPS) is 16.3. The number of amides is 1. The molecule has 1 unspecified atom stereocenters. The highest BCUT2D eigenvalue weighted by molar-refractivity contribution is 6.30. The van der Waals surface area contributed by atoms with Gasteiger partial charge in [0.1, 0.15) is 0 Å². The van der Waals surface area contributed by atoms with E-state index in [1.807, 2.05) is 66.5 Å². The van der Waals surface area contributed by atoms with E-state index in [9.17, 15) is 4.79 Å². The van der Waals surface area contributed by atoms with E-state index in [2.05, 4.69) is 27.2 Å². The molecule has 1 aliphatic heterocycles. The van der Waals surface area contributed by atoms with Crippen molar-refractivity contribution >= 4 is 23.3 Å². The predicted molar refractivity (Wildman–Crippen MR) is 120 cm³/mol. The zero-order valence-corrected chi connectivity index (χ0v) is 17.8. The molecular weight excluding hydrogens is 396 g/mol. The Hall–Kier alpha value is -2.92. The van der Waals surface area contributed by atoms with Crippen LogP contribution in [0.4, 0.5) is 5.82 Å². The molecule has 1 saturated heterocycles. The number of anilines is 1. The van der Waals surface area contributed by atoms with Crippen molar-refractivity contribution in [1.29, 1.82) is 0 Å². The van der Waals surface area contributed by atoms with E-state index in [0.717, 1.165) is 42.0 Å². The topological polar surface area (TPSA) is 49.3 Å². The van der Waals surface area contributed by atoms with Crippen molar-refractivity contribution < 1.29 is 4.79 Å². The van der Waals surface area contributed by atoms with E-state index in [4.69, 9.17) is 11.6 Å². The molecule has 1 atom stereocenters. The van der Waals surface area contributed by atoms with Gasteiger partial charge in [-0.05, 0) is 42.7 Å². The van der Waals surface area contributed by atoms with Gasteiger partial charge in [-0.2, -0.15) is 0 Å². The maximum absolute atomic E-state index is 13.0. The minimum atomic E-state index is -0.0230. The van der Waals surface area contributed by atoms with Crippen LogP contribution in [-0.2, 0) is 11.3 Å². The Bertz CT molecular complexity index is 976. The predicted octanol–water partition coefficient (Wildman–Crippen LogP) is 4.67. The maximum Gasteiger partial charge on any atom is 0.227 e. The van der Waals surface area contributed by atoms with Gasteiger partial charge >= 0.3 is 0 Å². The van der Waals surface area contributed by atoms with Crippen LogP contribution in [0.5, 0.6) is 0 Å². The lowest BCUT2D eigenvalue weighted by molar-refractivity contribution is -0.135. The molecule has 154 valence electrons. The Morgan fingerprint density at radius 3 is 2.53 bits per heavy atom. The number of hydrogen-bond donors (Lipinski definition) is 0. The number of carbonyl (C=O) groups excluding carboxylic acids is 1. The average Bonchev–Trinajstić information content (AvgIpc) is 2.80. The molecular formula is C24H25ClN4O. The van der Waals surface area contributed by atoms with Crippen molar-refractivity contribution in [3.63, 3.8) is 0 Å². The molecule has 0 saturated carbocycles. The summed E-state index contributed by atoms with van der Waals surface area (Å²) >= 11 is 5.96. The molecule has 1 amide bonds. The zero-order chi connectivity index (χ0) is 20.9. The number of aromatic nitrogens is 2. The Kier molecular flexibility index (Phi) is 6.29. The summed E-state index contributed by atoms with van der Waals surface area (Å²) in [6.07, 6.45) is 1.88. The van der Waals surface area contributed by atoms with Crippen LogP contribution in [0, 0.1) is 5.92 Å². The molecule has 6 heteroatoms. The standard InChI is InChI=1S/C24H25ClN4O/c1-28(16-18-6-3-2-4-7-18)24(30)20-8-5-15-29(17-20)23-14-13-22(26-27-23)19-9-11-21(25)12-10-19/h2-4,6-7,9-14,20H,5,8,15-17H2,1H3. The highest BCUT2D eigenvalue weighted by Gasteiger charge is 2.28. The van der Waals surface area contributed by atoms with Crippen molar-refractivity contribution in [2.45, 2.75) is 19.4 Å². The summed E-state index contributed by atoms with van der Waals surface area (Å²) in [6, 6.07) is 21.6. The monoisotopic (exact) mass is 420 g/mol. The summed E-state index contributed by atoms with van der Waals surface area (Å²) in [5, 5.41) is 9.51. The van der Waals surface area contributed by atoms with Gasteiger partial charge in [0.05, 0.1) is 11.6 Å². The first-order valence-corrected chi connectivity index (χ1v) is 10.6. The van der Waals surface area contributed by atoms with Crippen molar-refractivity contribution in [2.75, 3.05) is 25.0 Å². The minimum absolute atomic E-state index is 0.0230. The van der Waals surface area contributed by atoms with Crippen LogP contribution in [-0.4, -0.2) is 41.1 Å². The molecule has 30 heavy (non-hydrogen) atoms. The molecule has 2 aromatic carbocycles. The number of carbonyl (C=O) groups is 1. The lowest BCUT2D eigenvalue weighted by atomic mass is 9.96. The van der Waals surface area contributed by atoms with Crippen LogP contribution in [0.1, 0.15) is 18.4 Å². The van der Waals surface area contributed by atoms with E-state index >= 15 is 0 Å². The van der Waals surface area contributed by atoms with Gasteiger partial charge in [-0.15, -0.1) is 10.2 Å². The summed E-state index contributed by atoms with van der Waals surface area (Å²) in [4.78, 5) is 17.0. The van der Waals surface area contributed by atoms with Gasteiger partial charge in [-0.3, -0.25) is 4.79 Å². The zero-order valence-electron chi connectivity index (χ0n) is 17.0. The molecule has 4 rings (SSSR count). The van der Waals surface area contributed by atoms with E-state index in [-0.39, 0.29) is 11.8 Å². The minimum Gasteiger partial charge on any atom is -0.354 e. The van der Waals surface area contributed by atoms with Crippen LogP contribution >= 0.6 is 11.6 Å². The Morgan fingerprint density at radius 1 is 1.07 bits per heavy atom. The van der Waals surface area contributed by atoms with Crippen molar-refractivity contribution in [3.8, 4) is 11.3 Å². The highest BCUT2D eigenvalue weighted by Crippen LogP contribution is 2.25. The molecule has 1 aromatic heterocycles. The number of nitrogens with zero attached hydrogens (tertiary/aromatic N) is 4. The quantitative estimate of drug-likeness (QED) is 0.601. The van der Waals surface area contributed by atoms with Gasteiger partial charge in [0.15, 0.2) is 5.82 Å². The second-order valence-electron chi connectivity index (χ2n) is 7.75. The molecule has 0 aliphatic carbocycles. The molecule has 0 N–H and O–H groups in total. The summed E-state index contributed by atoms with van der Waals surface area (Å²) in [5.41, 5.74) is 2.93. The van der Waals surface area contributed by atoms with E-state index in [0.29, 0.717) is 18.1 Å². The van der Waals surface area contributed by atoms with Crippen molar-refractivity contribution in [2.24, 2.45) is 5.92 Å².